The fourth-order valence-electron chi connectivity index (χ4n) is 2.10. The number of hydrogen-bond acceptors (Lipinski definition) is 5. The zero-order chi connectivity index (χ0) is 16.0. The normalized spacial score (nSPS) is 11.0. The topological polar surface area (TPSA) is 107 Å². The van der Waals surface area contributed by atoms with Crippen molar-refractivity contribution >= 4 is 17.3 Å². The number of nitrogens with one attached hydrogen (secondary N) is 1. The van der Waals surface area contributed by atoms with Gasteiger partial charge in [-0.25, -0.2) is 0 Å². The number of nitro groups is 1. The van der Waals surface area contributed by atoms with E-state index in [4.69, 9.17) is 10.5 Å². The van der Waals surface area contributed by atoms with E-state index in [2.05, 4.69) is 5.32 Å². The summed E-state index contributed by atoms with van der Waals surface area (Å²) in [5, 5.41) is 13.7. The minimum atomic E-state index is -0.714. The number of carbonyl (C=O) groups excluding carboxylic acids is 1. The second-order valence-electron chi connectivity index (χ2n) is 4.79. The zero-order valence-corrected chi connectivity index (χ0v) is 12.5. The molecule has 0 atom stereocenters. The summed E-state index contributed by atoms with van der Waals surface area (Å²) in [5.74, 6) is 0.0547. The lowest BCUT2D eigenvalue weighted by atomic mass is 9.81. The molecule has 0 aliphatic heterocycles. The molecule has 1 amide bonds. The fourth-order valence-corrected chi connectivity index (χ4v) is 2.10. The van der Waals surface area contributed by atoms with Crippen LogP contribution in [0.1, 0.15) is 26.7 Å². The summed E-state index contributed by atoms with van der Waals surface area (Å²) in [6, 6.07) is 4.30. The van der Waals surface area contributed by atoms with Crippen molar-refractivity contribution in [2.24, 2.45) is 11.1 Å². The van der Waals surface area contributed by atoms with Crippen molar-refractivity contribution in [3.63, 3.8) is 0 Å². The van der Waals surface area contributed by atoms with E-state index in [9.17, 15) is 14.9 Å². The van der Waals surface area contributed by atoms with Gasteiger partial charge >= 0.3 is 0 Å². The van der Waals surface area contributed by atoms with Crippen LogP contribution in [-0.2, 0) is 4.79 Å². The Morgan fingerprint density at radius 1 is 1.43 bits per heavy atom. The van der Waals surface area contributed by atoms with Gasteiger partial charge in [-0.1, -0.05) is 13.8 Å². The van der Waals surface area contributed by atoms with Gasteiger partial charge in [-0.15, -0.1) is 0 Å². The predicted molar refractivity (Wildman–Crippen MR) is 80.3 cm³/mol. The van der Waals surface area contributed by atoms with Crippen LogP contribution in [0.4, 0.5) is 11.4 Å². The standard InChI is InChI=1S/C14H21N3O4/c1-4-14(5-2,9-15)13(18)16-11-7-6-10(21-3)8-12(11)17(19)20/h6-8H,4-5,9,15H2,1-3H3,(H,16,18). The molecular weight excluding hydrogens is 274 g/mol. The number of benzene rings is 1. The third kappa shape index (κ3) is 3.49. The van der Waals surface area contributed by atoms with Crippen molar-refractivity contribution in [3.05, 3.63) is 28.3 Å². The van der Waals surface area contributed by atoms with Crippen molar-refractivity contribution in [3.8, 4) is 5.75 Å². The van der Waals surface area contributed by atoms with Crippen LogP contribution in [0.3, 0.4) is 0 Å². The van der Waals surface area contributed by atoms with Gasteiger partial charge in [-0.05, 0) is 25.0 Å². The molecule has 116 valence electrons. The van der Waals surface area contributed by atoms with Crippen LogP contribution in [-0.4, -0.2) is 24.5 Å². The van der Waals surface area contributed by atoms with Gasteiger partial charge in [0.15, 0.2) is 0 Å². The summed E-state index contributed by atoms with van der Waals surface area (Å²) < 4.78 is 4.96. The summed E-state index contributed by atoms with van der Waals surface area (Å²) in [7, 11) is 1.42. The molecule has 0 aromatic heterocycles. The first-order valence-electron chi connectivity index (χ1n) is 6.78. The first kappa shape index (κ1) is 16.9. The van der Waals surface area contributed by atoms with Gasteiger partial charge in [0.05, 0.1) is 23.5 Å². The average molecular weight is 295 g/mol. The molecule has 3 N–H and O–H groups in total. The monoisotopic (exact) mass is 295 g/mol. The van der Waals surface area contributed by atoms with E-state index in [-0.39, 0.29) is 23.8 Å². The Balaban J connectivity index is 3.12. The van der Waals surface area contributed by atoms with E-state index >= 15 is 0 Å². The molecule has 0 unspecified atom stereocenters. The van der Waals surface area contributed by atoms with E-state index in [0.717, 1.165) is 0 Å². The Hall–Kier alpha value is -2.15. The molecule has 7 heteroatoms. The number of rotatable bonds is 7. The highest BCUT2D eigenvalue weighted by atomic mass is 16.6. The maximum absolute atomic E-state index is 12.4. The van der Waals surface area contributed by atoms with Crippen LogP contribution in [0.2, 0.25) is 0 Å². The number of nitrogens with zero attached hydrogens (tertiary/aromatic N) is 1. The molecule has 0 heterocycles. The van der Waals surface area contributed by atoms with Crippen LogP contribution < -0.4 is 15.8 Å². The quantitative estimate of drug-likeness (QED) is 0.593. The van der Waals surface area contributed by atoms with Gasteiger partial charge in [0.25, 0.3) is 5.69 Å². The fraction of sp³-hybridized carbons (Fsp3) is 0.500. The molecule has 0 saturated heterocycles. The molecule has 0 bridgehead atoms. The van der Waals surface area contributed by atoms with Crippen LogP contribution in [0, 0.1) is 15.5 Å². The number of anilines is 1. The molecule has 1 aromatic rings. The molecule has 7 nitrogen and oxygen atoms in total. The van der Waals surface area contributed by atoms with Crippen LogP contribution in [0.5, 0.6) is 5.75 Å². The molecule has 0 aliphatic carbocycles. The molecule has 0 spiro atoms. The Morgan fingerprint density at radius 3 is 2.48 bits per heavy atom. The largest absolute Gasteiger partial charge is 0.496 e. The molecule has 0 saturated carbocycles. The van der Waals surface area contributed by atoms with Gasteiger partial charge in [-0.2, -0.15) is 0 Å². The van der Waals surface area contributed by atoms with Crippen molar-refractivity contribution in [1.82, 2.24) is 0 Å². The van der Waals surface area contributed by atoms with E-state index in [1.165, 1.54) is 19.2 Å². The first-order valence-corrected chi connectivity index (χ1v) is 6.78. The van der Waals surface area contributed by atoms with E-state index in [1.54, 1.807) is 6.07 Å². The summed E-state index contributed by atoms with van der Waals surface area (Å²) in [6.45, 7) is 3.94. The second-order valence-corrected chi connectivity index (χ2v) is 4.79. The molecule has 21 heavy (non-hydrogen) atoms. The van der Waals surface area contributed by atoms with E-state index in [1.807, 2.05) is 13.8 Å². The van der Waals surface area contributed by atoms with Crippen molar-refractivity contribution in [1.29, 1.82) is 0 Å². The smallest absolute Gasteiger partial charge is 0.296 e. The number of hydrogen-bond donors (Lipinski definition) is 2. The van der Waals surface area contributed by atoms with Gasteiger partial charge < -0.3 is 15.8 Å². The number of nitrogens with two attached hydrogens (primary N) is 1. The summed E-state index contributed by atoms with van der Waals surface area (Å²) >= 11 is 0. The number of carbonyl (C=O) groups is 1. The number of ether oxygens (including phenoxy) is 1. The third-order valence-electron chi connectivity index (χ3n) is 3.88. The van der Waals surface area contributed by atoms with Crippen molar-refractivity contribution in [2.45, 2.75) is 26.7 Å². The van der Waals surface area contributed by atoms with E-state index < -0.39 is 10.3 Å². The van der Waals surface area contributed by atoms with Gasteiger partial charge in [0.1, 0.15) is 11.4 Å². The zero-order valence-electron chi connectivity index (χ0n) is 12.5. The van der Waals surface area contributed by atoms with Crippen LogP contribution in [0.25, 0.3) is 0 Å². The predicted octanol–water partition coefficient (Wildman–Crippen LogP) is 2.31. The SMILES string of the molecule is CCC(CC)(CN)C(=O)Nc1ccc(OC)cc1[N+](=O)[O-]. The Bertz CT molecular complexity index is 519. The summed E-state index contributed by atoms with van der Waals surface area (Å²) in [5.41, 5.74) is 4.93. The molecule has 1 aromatic carbocycles. The van der Waals surface area contributed by atoms with Gasteiger partial charge in [-0.3, -0.25) is 14.9 Å². The molecule has 1 rings (SSSR count). The molecular formula is C14H21N3O4. The highest BCUT2D eigenvalue weighted by molar-refractivity contribution is 5.97. The average Bonchev–Trinajstić information content (AvgIpc) is 2.49. The second kappa shape index (κ2) is 7.03. The molecule has 0 aliphatic rings. The van der Waals surface area contributed by atoms with Crippen LogP contribution in [0.15, 0.2) is 18.2 Å². The van der Waals surface area contributed by atoms with Gasteiger partial charge in [0.2, 0.25) is 5.91 Å². The highest BCUT2D eigenvalue weighted by Gasteiger charge is 2.34. The Labute approximate surface area is 123 Å². The maximum atomic E-state index is 12.4. The first-order chi connectivity index (χ1) is 9.93. The van der Waals surface area contributed by atoms with Crippen LogP contribution >= 0.6 is 0 Å². The maximum Gasteiger partial charge on any atom is 0.296 e. The number of amides is 1. The highest BCUT2D eigenvalue weighted by Crippen LogP contribution is 2.32. The molecule has 0 fully saturated rings. The Kier molecular flexibility index (Phi) is 5.66. The summed E-state index contributed by atoms with van der Waals surface area (Å²) in [4.78, 5) is 23.0. The summed E-state index contributed by atoms with van der Waals surface area (Å²) in [6.07, 6.45) is 1.13. The molecule has 0 radical (unpaired) electrons. The number of nitro benzene ring substituents is 1. The lowest BCUT2D eigenvalue weighted by Crippen LogP contribution is -2.41. The Morgan fingerprint density at radius 2 is 2.05 bits per heavy atom. The minimum absolute atomic E-state index is 0.144. The van der Waals surface area contributed by atoms with Crippen molar-refractivity contribution < 1.29 is 14.5 Å². The minimum Gasteiger partial charge on any atom is -0.496 e. The number of methoxy groups -OCH3 is 1. The van der Waals surface area contributed by atoms with Gasteiger partial charge in [0, 0.05) is 6.54 Å². The third-order valence-corrected chi connectivity index (χ3v) is 3.88. The van der Waals surface area contributed by atoms with E-state index in [0.29, 0.717) is 18.6 Å². The lowest BCUT2D eigenvalue weighted by molar-refractivity contribution is -0.384. The lowest BCUT2D eigenvalue weighted by Gasteiger charge is -2.28. The van der Waals surface area contributed by atoms with Crippen molar-refractivity contribution in [2.75, 3.05) is 19.0 Å².